The van der Waals surface area contributed by atoms with Gasteiger partial charge in [-0.3, -0.25) is 0 Å². The van der Waals surface area contributed by atoms with Gasteiger partial charge >= 0.3 is 6.85 Å². The van der Waals surface area contributed by atoms with E-state index >= 15 is 0 Å². The maximum atomic E-state index is 7.41. The van der Waals surface area contributed by atoms with Gasteiger partial charge in [-0.2, -0.15) is 0 Å². The van der Waals surface area contributed by atoms with Crippen LogP contribution in [0.15, 0.2) is 167 Å². The van der Waals surface area contributed by atoms with Gasteiger partial charge in [0.05, 0.1) is 11.0 Å². The van der Waals surface area contributed by atoms with Crippen LogP contribution in [0.4, 0.5) is 11.4 Å². The molecule has 346 valence electrons. The zero-order valence-electron chi connectivity index (χ0n) is 41.6. The molecule has 0 radical (unpaired) electrons. The number of anilines is 2. The van der Waals surface area contributed by atoms with Gasteiger partial charge in [-0.15, -0.1) is 11.3 Å². The van der Waals surface area contributed by atoms with Crippen molar-refractivity contribution in [1.29, 1.82) is 0 Å². The van der Waals surface area contributed by atoms with E-state index in [1.807, 2.05) is 11.3 Å². The molecule has 0 N–H and O–H groups in total. The van der Waals surface area contributed by atoms with Crippen molar-refractivity contribution < 1.29 is 8.83 Å². The lowest BCUT2D eigenvalue weighted by Gasteiger charge is -2.42. The number of aromatic nitrogens is 1. The maximum absolute atomic E-state index is 7.41. The molecule has 0 fully saturated rings. The highest BCUT2D eigenvalue weighted by Gasteiger charge is 2.47. The fourth-order valence-electron chi connectivity index (χ4n) is 13.5. The number of hydrogen-bond donors (Lipinski definition) is 0. The van der Waals surface area contributed by atoms with E-state index in [-0.39, 0.29) is 23.1 Å². The third-order valence-corrected chi connectivity index (χ3v) is 18.5. The molecule has 4 nitrogen and oxygen atoms in total. The largest absolute Gasteiger partial charge is 0.456 e. The van der Waals surface area contributed by atoms with Crippen LogP contribution in [-0.4, -0.2) is 11.4 Å². The highest BCUT2D eigenvalue weighted by molar-refractivity contribution is 7.26. The fraction of sp³-hybridized carbons (Fsp3) is 0.182. The van der Waals surface area contributed by atoms with Gasteiger partial charge in [-0.05, 0) is 141 Å². The van der Waals surface area contributed by atoms with Crippen LogP contribution in [0.5, 0.6) is 0 Å². The average molecular weight is 947 g/mol. The van der Waals surface area contributed by atoms with Gasteiger partial charge in [-0.25, -0.2) is 0 Å². The lowest BCUT2D eigenvalue weighted by atomic mass is 9.43. The first-order valence-electron chi connectivity index (χ1n) is 25.7. The molecular formula is C66H51BN2O2S. The molecule has 0 spiro atoms. The van der Waals surface area contributed by atoms with E-state index in [2.05, 4.69) is 216 Å². The Morgan fingerprint density at radius 1 is 0.542 bits per heavy atom. The van der Waals surface area contributed by atoms with Crippen LogP contribution < -0.4 is 15.7 Å². The average Bonchev–Trinajstić information content (AvgIpc) is 4.14. The minimum atomic E-state index is -0.234. The third-order valence-electron chi connectivity index (χ3n) is 17.4. The van der Waals surface area contributed by atoms with Crippen LogP contribution in [0.1, 0.15) is 78.0 Å². The molecule has 0 saturated carbocycles. The van der Waals surface area contributed by atoms with Crippen LogP contribution in [0, 0.1) is 0 Å². The summed E-state index contributed by atoms with van der Waals surface area (Å²) < 4.78 is 19.5. The highest BCUT2D eigenvalue weighted by Crippen LogP contribution is 2.55. The van der Waals surface area contributed by atoms with Crippen LogP contribution in [0.3, 0.4) is 0 Å². The van der Waals surface area contributed by atoms with E-state index in [0.29, 0.717) is 0 Å². The summed E-state index contributed by atoms with van der Waals surface area (Å²) in [5.74, 6) is 0. The van der Waals surface area contributed by atoms with E-state index in [9.17, 15) is 0 Å². The normalized spacial score (nSPS) is 15.8. The Labute approximate surface area is 422 Å². The predicted octanol–water partition coefficient (Wildman–Crippen LogP) is 17.5. The molecule has 3 aliphatic rings. The first-order valence-corrected chi connectivity index (χ1v) is 26.5. The Balaban J connectivity index is 1.11. The van der Waals surface area contributed by atoms with Gasteiger partial charge < -0.3 is 18.2 Å². The van der Waals surface area contributed by atoms with Crippen molar-refractivity contribution in [2.45, 2.75) is 77.6 Å². The summed E-state index contributed by atoms with van der Waals surface area (Å²) in [4.78, 5) is 2.66. The number of rotatable bonds is 2. The topological polar surface area (TPSA) is 34.5 Å². The van der Waals surface area contributed by atoms with Gasteiger partial charge in [-0.1, -0.05) is 133 Å². The molecule has 0 saturated heterocycles. The predicted molar refractivity (Wildman–Crippen MR) is 307 cm³/mol. The SMILES string of the molecule is CC(C)(C)c1ccc2c(c1)c1c3c(oc4ccccc43)c3c4c1n2-c1cc2c(cc1B4N(c1ccc(-c4ccccc4)cc1)c1cc4sc5cc6c(cc5c4cc1-3)C(C)(C)CCC6(C)C)oc1ccccc12. The van der Waals surface area contributed by atoms with Crippen molar-refractivity contribution in [3.05, 3.63) is 174 Å². The Morgan fingerprint density at radius 2 is 1.21 bits per heavy atom. The molecule has 4 aromatic heterocycles. The Morgan fingerprint density at radius 3 is 1.97 bits per heavy atom. The molecule has 9 aromatic carbocycles. The highest BCUT2D eigenvalue weighted by atomic mass is 32.1. The fourth-order valence-corrected chi connectivity index (χ4v) is 14.7. The zero-order valence-corrected chi connectivity index (χ0v) is 42.4. The third kappa shape index (κ3) is 5.33. The van der Waals surface area contributed by atoms with Crippen molar-refractivity contribution in [3.8, 4) is 27.9 Å². The quantitative estimate of drug-likeness (QED) is 0.162. The van der Waals surface area contributed by atoms with Gasteiger partial charge in [0.25, 0.3) is 0 Å². The van der Waals surface area contributed by atoms with Crippen molar-refractivity contribution in [2.75, 3.05) is 4.81 Å². The molecule has 13 aromatic rings. The molecular weight excluding hydrogens is 896 g/mol. The van der Waals surface area contributed by atoms with E-state index in [4.69, 9.17) is 8.83 Å². The van der Waals surface area contributed by atoms with E-state index in [1.54, 1.807) is 0 Å². The number of furan rings is 2. The standard InChI is InChI=1S/C66H51BN2O2S/c1-64(2,3)38-23-26-50-45(29-38)58-59-41-18-12-14-20-54(41)71-63(59)60-46-30-43-44-31-47-48(66(6,7)28-27-65(47,4)5)33-56(44)72-57(43)35-51(46)69(39-24-21-37(22-25-39)36-15-9-8-10-16-36)67-49-34-55-42(40-17-11-13-19-53(40)70-55)32-52(49)68(50)62(58)61(60)67/h8-26,29-35H,27-28H2,1-7H3. The molecule has 0 amide bonds. The van der Waals surface area contributed by atoms with Gasteiger partial charge in [0, 0.05) is 80.7 Å². The number of para-hydroxylation sites is 2. The van der Waals surface area contributed by atoms with Crippen LogP contribution >= 0.6 is 11.3 Å². The Hall–Kier alpha value is -7.54. The summed E-state index contributed by atoms with van der Waals surface area (Å²) >= 11 is 1.94. The summed E-state index contributed by atoms with van der Waals surface area (Å²) in [5, 5.41) is 9.74. The van der Waals surface area contributed by atoms with E-state index in [0.717, 1.165) is 44.2 Å². The molecule has 6 heteroatoms. The van der Waals surface area contributed by atoms with Gasteiger partial charge in [0.15, 0.2) is 0 Å². The number of nitrogens with zero attached hydrogens (tertiary/aromatic N) is 2. The second kappa shape index (κ2) is 13.7. The minimum absolute atomic E-state index is 0.0581. The number of hydrogen-bond acceptors (Lipinski definition) is 4. The molecule has 16 rings (SSSR count). The van der Waals surface area contributed by atoms with Crippen LogP contribution in [-0.2, 0) is 16.2 Å². The lowest BCUT2D eigenvalue weighted by molar-refractivity contribution is 0.332. The van der Waals surface area contributed by atoms with Crippen LogP contribution in [0.2, 0.25) is 0 Å². The molecule has 0 atom stereocenters. The summed E-state index contributed by atoms with van der Waals surface area (Å²) in [6.07, 6.45) is 2.36. The first-order chi connectivity index (χ1) is 34.8. The van der Waals surface area contributed by atoms with E-state index in [1.165, 1.54) is 121 Å². The monoisotopic (exact) mass is 946 g/mol. The number of benzene rings is 9. The minimum Gasteiger partial charge on any atom is -0.456 e. The molecule has 6 heterocycles. The van der Waals surface area contributed by atoms with Gasteiger partial charge in [0.1, 0.15) is 22.3 Å². The molecule has 72 heavy (non-hydrogen) atoms. The molecule has 0 bridgehead atoms. The second-order valence-electron chi connectivity index (χ2n) is 23.5. The number of thiophene rings is 1. The second-order valence-corrected chi connectivity index (χ2v) is 24.5. The maximum Gasteiger partial charge on any atom is 0.333 e. The van der Waals surface area contributed by atoms with Crippen molar-refractivity contribution >= 4 is 126 Å². The summed E-state index contributed by atoms with van der Waals surface area (Å²) in [7, 11) is 0. The molecule has 1 aliphatic carbocycles. The first kappa shape index (κ1) is 41.1. The lowest BCUT2D eigenvalue weighted by Crippen LogP contribution is -2.60. The summed E-state index contributed by atoms with van der Waals surface area (Å²) in [5.41, 5.74) is 21.3. The van der Waals surface area contributed by atoms with Crippen LogP contribution in [0.25, 0.3) is 114 Å². The summed E-state index contributed by atoms with van der Waals surface area (Å²) in [6, 6.07) is 59.5. The summed E-state index contributed by atoms with van der Waals surface area (Å²) in [6.45, 7) is 16.5. The zero-order chi connectivity index (χ0) is 48.3. The molecule has 2 aliphatic heterocycles. The Bertz CT molecular complexity index is 4560. The van der Waals surface area contributed by atoms with Crippen molar-refractivity contribution in [2.24, 2.45) is 0 Å². The van der Waals surface area contributed by atoms with E-state index < -0.39 is 0 Å². The smallest absolute Gasteiger partial charge is 0.333 e. The van der Waals surface area contributed by atoms with Gasteiger partial charge in [0.2, 0.25) is 0 Å². The Kier molecular flexibility index (Phi) is 7.82. The van der Waals surface area contributed by atoms with Crippen molar-refractivity contribution in [1.82, 2.24) is 4.57 Å². The van der Waals surface area contributed by atoms with Crippen molar-refractivity contribution in [3.63, 3.8) is 0 Å². The number of fused-ring (bicyclic) bond motifs is 20. The molecule has 0 unspecified atom stereocenters.